The predicted molar refractivity (Wildman–Crippen MR) is 77.7 cm³/mol. The van der Waals surface area contributed by atoms with Crippen LogP contribution in [0.4, 0.5) is 4.79 Å². The summed E-state index contributed by atoms with van der Waals surface area (Å²) in [6, 6.07) is 4.67. The first kappa shape index (κ1) is 15.3. The molecule has 0 bridgehead atoms. The van der Waals surface area contributed by atoms with E-state index < -0.39 is 12.0 Å². The topological polar surface area (TPSA) is 73.7 Å². The van der Waals surface area contributed by atoms with E-state index in [4.69, 9.17) is 0 Å². The molecule has 1 fully saturated rings. The lowest BCUT2D eigenvalue weighted by atomic mass is 10.0. The van der Waals surface area contributed by atoms with Crippen LogP contribution >= 0.6 is 0 Å². The highest BCUT2D eigenvalue weighted by Crippen LogP contribution is 2.25. The Bertz CT molecular complexity index is 547. The maximum atomic E-state index is 12.5. The van der Waals surface area contributed by atoms with Crippen LogP contribution in [-0.2, 0) is 11.3 Å². The minimum atomic E-state index is -0.935. The molecule has 0 radical (unpaired) electrons. The van der Waals surface area contributed by atoms with Gasteiger partial charge in [0.15, 0.2) is 0 Å². The number of likely N-dealkylation sites (tertiary alicyclic amines) is 1. The highest BCUT2D eigenvalue weighted by atomic mass is 16.4. The highest BCUT2D eigenvalue weighted by Gasteiger charge is 2.40. The Morgan fingerprint density at radius 3 is 2.81 bits per heavy atom. The number of carboxylic acid groups (broad SMARTS) is 1. The van der Waals surface area contributed by atoms with Crippen LogP contribution in [0, 0.1) is 12.8 Å². The Labute approximate surface area is 124 Å². The summed E-state index contributed by atoms with van der Waals surface area (Å²) in [5, 5.41) is 9.29. The number of hydrogen-bond acceptors (Lipinski definition) is 3. The third kappa shape index (κ3) is 3.32. The quantitative estimate of drug-likeness (QED) is 0.920. The van der Waals surface area contributed by atoms with Crippen LogP contribution in [0.25, 0.3) is 0 Å². The van der Waals surface area contributed by atoms with Crippen LogP contribution < -0.4 is 0 Å². The lowest BCUT2D eigenvalue weighted by molar-refractivity contribution is -0.142. The Kier molecular flexibility index (Phi) is 4.45. The van der Waals surface area contributed by atoms with Crippen LogP contribution in [0.15, 0.2) is 18.2 Å². The van der Waals surface area contributed by atoms with Crippen molar-refractivity contribution in [3.05, 3.63) is 29.6 Å². The molecule has 21 heavy (non-hydrogen) atoms. The van der Waals surface area contributed by atoms with E-state index in [9.17, 15) is 14.7 Å². The first-order valence-corrected chi connectivity index (χ1v) is 7.07. The van der Waals surface area contributed by atoms with Gasteiger partial charge in [0.1, 0.15) is 6.04 Å². The Balaban J connectivity index is 2.07. The van der Waals surface area contributed by atoms with Gasteiger partial charge in [0, 0.05) is 19.3 Å². The number of amides is 2. The average molecular weight is 291 g/mol. The SMILES string of the molecule is Cc1cccc(CN(C)C(=O)N2CCC(C)C2C(=O)O)n1. The third-order valence-corrected chi connectivity index (χ3v) is 3.87. The number of carbonyl (C=O) groups excluding carboxylic acids is 1. The Morgan fingerprint density at radius 1 is 1.48 bits per heavy atom. The Morgan fingerprint density at radius 2 is 2.19 bits per heavy atom. The molecule has 1 aliphatic heterocycles. The van der Waals surface area contributed by atoms with E-state index in [1.807, 2.05) is 32.0 Å². The lowest BCUT2D eigenvalue weighted by Crippen LogP contribution is -2.48. The standard InChI is InChI=1S/C15H21N3O3/c1-10-7-8-18(13(10)14(19)20)15(21)17(3)9-12-6-4-5-11(2)16-12/h4-6,10,13H,7-9H2,1-3H3,(H,19,20). The smallest absolute Gasteiger partial charge is 0.326 e. The number of aliphatic carboxylic acids is 1. The van der Waals surface area contributed by atoms with Gasteiger partial charge in [-0.15, -0.1) is 0 Å². The molecule has 6 heteroatoms. The van der Waals surface area contributed by atoms with Crippen LogP contribution in [-0.4, -0.2) is 51.5 Å². The fourth-order valence-corrected chi connectivity index (χ4v) is 2.76. The second-order valence-corrected chi connectivity index (χ2v) is 5.65. The predicted octanol–water partition coefficient (Wildman–Crippen LogP) is 1.74. The van der Waals surface area contributed by atoms with Gasteiger partial charge in [-0.05, 0) is 31.4 Å². The molecule has 0 saturated carbocycles. The molecule has 1 saturated heterocycles. The number of hydrogen-bond donors (Lipinski definition) is 1. The molecule has 2 heterocycles. The van der Waals surface area contributed by atoms with E-state index in [-0.39, 0.29) is 11.9 Å². The number of urea groups is 1. The number of pyridine rings is 1. The highest BCUT2D eigenvalue weighted by molar-refractivity contribution is 5.83. The van der Waals surface area contributed by atoms with Gasteiger partial charge in [-0.25, -0.2) is 9.59 Å². The largest absolute Gasteiger partial charge is 0.480 e. The molecule has 6 nitrogen and oxygen atoms in total. The summed E-state index contributed by atoms with van der Waals surface area (Å²) in [6.07, 6.45) is 0.721. The van der Waals surface area contributed by atoms with Crippen LogP contribution in [0.3, 0.4) is 0 Å². The maximum Gasteiger partial charge on any atom is 0.326 e. The molecule has 114 valence electrons. The number of carbonyl (C=O) groups is 2. The molecule has 2 unspecified atom stereocenters. The van der Waals surface area contributed by atoms with Crippen molar-refractivity contribution >= 4 is 12.0 Å². The zero-order valence-electron chi connectivity index (χ0n) is 12.6. The first-order valence-electron chi connectivity index (χ1n) is 7.07. The number of aromatic nitrogens is 1. The molecule has 0 aromatic carbocycles. The van der Waals surface area contributed by atoms with Crippen molar-refractivity contribution < 1.29 is 14.7 Å². The van der Waals surface area contributed by atoms with E-state index in [1.165, 1.54) is 9.80 Å². The number of carboxylic acids is 1. The minimum absolute atomic E-state index is 0.0167. The van der Waals surface area contributed by atoms with E-state index in [0.717, 1.165) is 17.8 Å². The van der Waals surface area contributed by atoms with E-state index in [2.05, 4.69) is 4.98 Å². The monoisotopic (exact) mass is 291 g/mol. The summed E-state index contributed by atoms with van der Waals surface area (Å²) in [5.74, 6) is -0.952. The molecule has 0 spiro atoms. The fraction of sp³-hybridized carbons (Fsp3) is 0.533. The second-order valence-electron chi connectivity index (χ2n) is 5.65. The molecule has 1 aromatic rings. The van der Waals surface area contributed by atoms with Gasteiger partial charge in [0.2, 0.25) is 0 Å². The van der Waals surface area contributed by atoms with Crippen LogP contribution in [0.1, 0.15) is 24.7 Å². The molecule has 1 N–H and O–H groups in total. The molecular formula is C15H21N3O3. The number of aryl methyl sites for hydroxylation is 1. The van der Waals surface area contributed by atoms with Gasteiger partial charge in [-0.2, -0.15) is 0 Å². The zero-order chi connectivity index (χ0) is 15.6. The zero-order valence-corrected chi connectivity index (χ0v) is 12.6. The summed E-state index contributed by atoms with van der Waals surface area (Å²) < 4.78 is 0. The van der Waals surface area contributed by atoms with E-state index in [1.54, 1.807) is 7.05 Å². The summed E-state index contributed by atoms with van der Waals surface area (Å²) in [6.45, 7) is 4.63. The van der Waals surface area contributed by atoms with Crippen molar-refractivity contribution in [2.24, 2.45) is 5.92 Å². The van der Waals surface area contributed by atoms with Crippen molar-refractivity contribution in [2.45, 2.75) is 32.9 Å². The Hall–Kier alpha value is -2.11. The van der Waals surface area contributed by atoms with Gasteiger partial charge >= 0.3 is 12.0 Å². The molecule has 2 rings (SSSR count). The molecule has 2 amide bonds. The third-order valence-electron chi connectivity index (χ3n) is 3.87. The van der Waals surface area contributed by atoms with Crippen molar-refractivity contribution in [3.63, 3.8) is 0 Å². The molecule has 0 aliphatic carbocycles. The number of rotatable bonds is 3. The second kappa shape index (κ2) is 6.11. The molecule has 1 aromatic heterocycles. The van der Waals surface area contributed by atoms with Crippen molar-refractivity contribution in [1.29, 1.82) is 0 Å². The summed E-state index contributed by atoms with van der Waals surface area (Å²) >= 11 is 0. The van der Waals surface area contributed by atoms with Gasteiger partial charge in [0.25, 0.3) is 0 Å². The van der Waals surface area contributed by atoms with Gasteiger partial charge in [-0.3, -0.25) is 4.98 Å². The van der Waals surface area contributed by atoms with Gasteiger partial charge in [-0.1, -0.05) is 13.0 Å². The summed E-state index contributed by atoms with van der Waals surface area (Å²) in [7, 11) is 1.67. The minimum Gasteiger partial charge on any atom is -0.480 e. The molecule has 1 aliphatic rings. The molecule has 2 atom stereocenters. The maximum absolute atomic E-state index is 12.5. The van der Waals surface area contributed by atoms with E-state index in [0.29, 0.717) is 13.1 Å². The van der Waals surface area contributed by atoms with Crippen molar-refractivity contribution in [1.82, 2.24) is 14.8 Å². The number of nitrogens with zero attached hydrogens (tertiary/aromatic N) is 3. The van der Waals surface area contributed by atoms with Crippen LogP contribution in [0.2, 0.25) is 0 Å². The average Bonchev–Trinajstić information content (AvgIpc) is 2.79. The summed E-state index contributed by atoms with van der Waals surface area (Å²) in [5.41, 5.74) is 1.69. The van der Waals surface area contributed by atoms with E-state index >= 15 is 0 Å². The lowest BCUT2D eigenvalue weighted by Gasteiger charge is -2.28. The molecular weight excluding hydrogens is 270 g/mol. The van der Waals surface area contributed by atoms with Crippen LogP contribution in [0.5, 0.6) is 0 Å². The first-order chi connectivity index (χ1) is 9.90. The summed E-state index contributed by atoms with van der Waals surface area (Å²) in [4.78, 5) is 31.1. The van der Waals surface area contributed by atoms with Gasteiger partial charge in [0.05, 0.1) is 12.2 Å². The fourth-order valence-electron chi connectivity index (χ4n) is 2.76. The normalized spacial score (nSPS) is 21.4. The van der Waals surface area contributed by atoms with Crippen molar-refractivity contribution in [3.8, 4) is 0 Å². The van der Waals surface area contributed by atoms with Gasteiger partial charge < -0.3 is 14.9 Å². The van der Waals surface area contributed by atoms with Crippen molar-refractivity contribution in [2.75, 3.05) is 13.6 Å².